The quantitative estimate of drug-likeness (QED) is 0.727. The molecule has 1 aromatic heterocycles. The lowest BCUT2D eigenvalue weighted by molar-refractivity contribution is 0.981. The Bertz CT molecular complexity index is 468. The highest BCUT2D eigenvalue weighted by Crippen LogP contribution is 2.31. The highest BCUT2D eigenvalue weighted by atomic mass is 35.5. The van der Waals surface area contributed by atoms with Crippen LogP contribution in [0.4, 0.5) is 0 Å². The maximum Gasteiger partial charge on any atom is 0.115 e. The molecule has 1 heterocycles. The molecular formula is C11H8ClN3. The van der Waals surface area contributed by atoms with Crippen molar-refractivity contribution in [3.8, 4) is 6.07 Å². The lowest BCUT2D eigenvalue weighted by Gasteiger charge is -2.12. The molecule has 1 aromatic rings. The summed E-state index contributed by atoms with van der Waals surface area (Å²) in [6.07, 6.45) is 8.08. The van der Waals surface area contributed by atoms with Crippen LogP contribution in [0, 0.1) is 11.3 Å². The van der Waals surface area contributed by atoms with E-state index in [9.17, 15) is 0 Å². The van der Waals surface area contributed by atoms with E-state index in [2.05, 4.69) is 16.0 Å². The van der Waals surface area contributed by atoms with Crippen molar-refractivity contribution in [1.82, 2.24) is 9.97 Å². The van der Waals surface area contributed by atoms with Gasteiger partial charge >= 0.3 is 0 Å². The molecule has 0 amide bonds. The normalized spacial score (nSPS) is 15.9. The smallest absolute Gasteiger partial charge is 0.115 e. The van der Waals surface area contributed by atoms with Gasteiger partial charge in [-0.2, -0.15) is 5.26 Å². The Kier molecular flexibility index (Phi) is 2.79. The van der Waals surface area contributed by atoms with Crippen LogP contribution in [0.1, 0.15) is 18.4 Å². The molecule has 74 valence electrons. The molecule has 3 nitrogen and oxygen atoms in total. The van der Waals surface area contributed by atoms with Crippen molar-refractivity contribution in [2.75, 3.05) is 0 Å². The molecule has 4 heteroatoms. The van der Waals surface area contributed by atoms with Crippen LogP contribution in [0.2, 0.25) is 0 Å². The molecule has 15 heavy (non-hydrogen) atoms. The topological polar surface area (TPSA) is 49.6 Å². The molecule has 0 saturated heterocycles. The lowest BCUT2D eigenvalue weighted by atomic mass is 9.94. The van der Waals surface area contributed by atoms with E-state index < -0.39 is 0 Å². The summed E-state index contributed by atoms with van der Waals surface area (Å²) in [6.45, 7) is 0. The third-order valence-corrected chi connectivity index (χ3v) is 2.54. The Labute approximate surface area is 92.7 Å². The van der Waals surface area contributed by atoms with Gasteiger partial charge in [-0.1, -0.05) is 11.6 Å². The standard InChI is InChI=1S/C11H8ClN3/c12-10-2-1-8(4-13)11(3-10)9-5-14-7-15-6-9/h3,5-7H,1-2H2. The van der Waals surface area contributed by atoms with Gasteiger partial charge in [0, 0.05) is 28.6 Å². The zero-order chi connectivity index (χ0) is 10.7. The van der Waals surface area contributed by atoms with Gasteiger partial charge in [0.15, 0.2) is 0 Å². The Morgan fingerprint density at radius 3 is 2.67 bits per heavy atom. The van der Waals surface area contributed by atoms with Crippen LogP contribution in [-0.4, -0.2) is 9.97 Å². The predicted octanol–water partition coefficient (Wildman–Crippen LogP) is 2.67. The van der Waals surface area contributed by atoms with Gasteiger partial charge in [-0.15, -0.1) is 0 Å². The zero-order valence-electron chi connectivity index (χ0n) is 7.94. The first-order valence-electron chi connectivity index (χ1n) is 4.56. The Hall–Kier alpha value is -1.66. The number of halogens is 1. The van der Waals surface area contributed by atoms with Crippen LogP contribution in [0.3, 0.4) is 0 Å². The number of allylic oxidation sites excluding steroid dienone is 4. The predicted molar refractivity (Wildman–Crippen MR) is 57.7 cm³/mol. The molecule has 0 N–H and O–H groups in total. The van der Waals surface area contributed by atoms with Crippen molar-refractivity contribution in [3.05, 3.63) is 41.0 Å². The van der Waals surface area contributed by atoms with E-state index in [1.165, 1.54) is 6.33 Å². The molecule has 0 bridgehead atoms. The molecule has 0 radical (unpaired) electrons. The molecule has 0 aliphatic heterocycles. The first-order chi connectivity index (χ1) is 7.31. The zero-order valence-corrected chi connectivity index (χ0v) is 8.70. The largest absolute Gasteiger partial charge is 0.244 e. The lowest BCUT2D eigenvalue weighted by Crippen LogP contribution is -1.96. The number of hydrogen-bond acceptors (Lipinski definition) is 3. The van der Waals surface area contributed by atoms with Crippen molar-refractivity contribution in [2.24, 2.45) is 0 Å². The molecule has 0 fully saturated rings. The summed E-state index contributed by atoms with van der Waals surface area (Å²) in [4.78, 5) is 7.85. The average molecular weight is 218 g/mol. The second-order valence-corrected chi connectivity index (χ2v) is 3.71. The Morgan fingerprint density at radius 1 is 1.27 bits per heavy atom. The number of hydrogen-bond donors (Lipinski definition) is 0. The minimum absolute atomic E-state index is 0.691. The monoisotopic (exact) mass is 217 g/mol. The van der Waals surface area contributed by atoms with Crippen LogP contribution < -0.4 is 0 Å². The van der Waals surface area contributed by atoms with E-state index in [0.29, 0.717) is 6.42 Å². The van der Waals surface area contributed by atoms with Crippen LogP contribution in [0.15, 0.2) is 35.4 Å². The van der Waals surface area contributed by atoms with Gasteiger partial charge in [0.1, 0.15) is 6.33 Å². The molecule has 2 rings (SSSR count). The van der Waals surface area contributed by atoms with Crippen LogP contribution in [-0.2, 0) is 0 Å². The van der Waals surface area contributed by atoms with Crippen LogP contribution >= 0.6 is 11.6 Å². The third kappa shape index (κ3) is 2.05. The first-order valence-corrected chi connectivity index (χ1v) is 4.94. The molecule has 0 spiro atoms. The van der Waals surface area contributed by atoms with Crippen molar-refractivity contribution in [1.29, 1.82) is 5.26 Å². The summed E-state index contributed by atoms with van der Waals surface area (Å²) in [5.74, 6) is 0. The molecule has 0 saturated carbocycles. The van der Waals surface area contributed by atoms with Crippen molar-refractivity contribution in [3.63, 3.8) is 0 Å². The maximum absolute atomic E-state index is 8.99. The average Bonchev–Trinajstić information content (AvgIpc) is 2.30. The van der Waals surface area contributed by atoms with E-state index in [-0.39, 0.29) is 0 Å². The minimum atomic E-state index is 0.691. The molecule has 1 aliphatic rings. The fraction of sp³-hybridized carbons (Fsp3) is 0.182. The number of rotatable bonds is 1. The summed E-state index contributed by atoms with van der Waals surface area (Å²) in [6, 6.07) is 2.19. The summed E-state index contributed by atoms with van der Waals surface area (Å²) in [7, 11) is 0. The second kappa shape index (κ2) is 4.24. The molecular weight excluding hydrogens is 210 g/mol. The minimum Gasteiger partial charge on any atom is -0.244 e. The van der Waals surface area contributed by atoms with E-state index in [0.717, 1.165) is 28.2 Å². The van der Waals surface area contributed by atoms with Crippen LogP contribution in [0.5, 0.6) is 0 Å². The van der Waals surface area contributed by atoms with Gasteiger partial charge in [0.25, 0.3) is 0 Å². The summed E-state index contributed by atoms with van der Waals surface area (Å²) < 4.78 is 0. The van der Waals surface area contributed by atoms with Gasteiger partial charge < -0.3 is 0 Å². The van der Waals surface area contributed by atoms with E-state index in [1.54, 1.807) is 12.4 Å². The highest BCUT2D eigenvalue weighted by molar-refractivity contribution is 6.30. The van der Waals surface area contributed by atoms with Crippen molar-refractivity contribution < 1.29 is 0 Å². The SMILES string of the molecule is N#CC1=C(c2cncnc2)C=C(Cl)CC1. The van der Waals surface area contributed by atoms with Gasteiger partial charge in [-0.05, 0) is 24.5 Å². The number of aromatic nitrogens is 2. The van der Waals surface area contributed by atoms with E-state index in [4.69, 9.17) is 16.9 Å². The Morgan fingerprint density at radius 2 is 2.00 bits per heavy atom. The van der Waals surface area contributed by atoms with Gasteiger partial charge in [-0.25, -0.2) is 9.97 Å². The fourth-order valence-electron chi connectivity index (χ4n) is 1.51. The molecule has 1 aliphatic carbocycles. The number of nitriles is 1. The summed E-state index contributed by atoms with van der Waals surface area (Å²) >= 11 is 5.96. The van der Waals surface area contributed by atoms with E-state index >= 15 is 0 Å². The summed E-state index contributed by atoms with van der Waals surface area (Å²) in [5, 5.41) is 9.76. The van der Waals surface area contributed by atoms with Crippen molar-refractivity contribution in [2.45, 2.75) is 12.8 Å². The van der Waals surface area contributed by atoms with Gasteiger partial charge in [-0.3, -0.25) is 0 Å². The maximum atomic E-state index is 8.99. The first kappa shape index (κ1) is 9.88. The molecule has 0 unspecified atom stereocenters. The van der Waals surface area contributed by atoms with Gasteiger partial charge in [0.2, 0.25) is 0 Å². The number of nitrogens with zero attached hydrogens (tertiary/aromatic N) is 3. The Balaban J connectivity index is 2.51. The van der Waals surface area contributed by atoms with E-state index in [1.807, 2.05) is 6.08 Å². The second-order valence-electron chi connectivity index (χ2n) is 3.22. The van der Waals surface area contributed by atoms with Gasteiger partial charge in [0.05, 0.1) is 6.07 Å². The highest BCUT2D eigenvalue weighted by Gasteiger charge is 2.13. The van der Waals surface area contributed by atoms with Crippen LogP contribution in [0.25, 0.3) is 5.57 Å². The molecule has 0 aromatic carbocycles. The third-order valence-electron chi connectivity index (χ3n) is 2.25. The molecule has 0 atom stereocenters. The fourth-order valence-corrected chi connectivity index (χ4v) is 1.71. The summed E-state index contributed by atoms with van der Waals surface area (Å²) in [5.41, 5.74) is 2.43. The van der Waals surface area contributed by atoms with Crippen molar-refractivity contribution >= 4 is 17.2 Å².